The van der Waals surface area contributed by atoms with Gasteiger partial charge in [0.1, 0.15) is 11.0 Å². The molecule has 92 valence electrons. The highest BCUT2D eigenvalue weighted by atomic mass is 35.5. The van der Waals surface area contributed by atoms with Crippen molar-refractivity contribution in [1.29, 1.82) is 0 Å². The maximum absolute atomic E-state index is 10.7. The summed E-state index contributed by atoms with van der Waals surface area (Å²) < 4.78 is 5.23. The van der Waals surface area contributed by atoms with Gasteiger partial charge in [-0.1, -0.05) is 11.6 Å². The van der Waals surface area contributed by atoms with E-state index in [-0.39, 0.29) is 16.9 Å². The van der Waals surface area contributed by atoms with Crippen molar-refractivity contribution in [1.82, 2.24) is 4.98 Å². The lowest BCUT2D eigenvalue weighted by molar-refractivity contribution is -0.384. The first-order valence-corrected chi connectivity index (χ1v) is 5.69. The van der Waals surface area contributed by atoms with Gasteiger partial charge in [0.2, 0.25) is 0 Å². The van der Waals surface area contributed by atoms with Crippen LogP contribution in [-0.2, 0) is 4.74 Å². The lowest BCUT2D eigenvalue weighted by Gasteiger charge is -2.23. The molecule has 1 aliphatic heterocycles. The zero-order chi connectivity index (χ0) is 12.3. The molecule has 6 nitrogen and oxygen atoms in total. The standard InChI is InChI=1S/C10H12ClN3O3/c11-9-5-8(14(15)16)6-10(13-9)12-7-1-3-17-4-2-7/h5-7H,1-4H2,(H,12,13). The van der Waals surface area contributed by atoms with E-state index in [4.69, 9.17) is 16.3 Å². The predicted octanol–water partition coefficient (Wildman–Crippen LogP) is 2.23. The summed E-state index contributed by atoms with van der Waals surface area (Å²) in [4.78, 5) is 14.2. The average Bonchev–Trinajstić information content (AvgIpc) is 2.29. The van der Waals surface area contributed by atoms with E-state index >= 15 is 0 Å². The van der Waals surface area contributed by atoms with Gasteiger partial charge in [-0.3, -0.25) is 10.1 Å². The topological polar surface area (TPSA) is 77.3 Å². The second kappa shape index (κ2) is 5.29. The third kappa shape index (κ3) is 3.28. The van der Waals surface area contributed by atoms with Crippen LogP contribution in [0.25, 0.3) is 0 Å². The van der Waals surface area contributed by atoms with Crippen molar-refractivity contribution < 1.29 is 9.66 Å². The Labute approximate surface area is 103 Å². The van der Waals surface area contributed by atoms with Crippen LogP contribution in [0.15, 0.2) is 12.1 Å². The molecule has 0 spiro atoms. The molecule has 1 aromatic heterocycles. The van der Waals surface area contributed by atoms with Crippen LogP contribution in [0.1, 0.15) is 12.8 Å². The van der Waals surface area contributed by atoms with Gasteiger partial charge >= 0.3 is 0 Å². The molecule has 1 saturated heterocycles. The SMILES string of the molecule is O=[N+]([O-])c1cc(Cl)nc(NC2CCOCC2)c1. The molecule has 2 rings (SSSR count). The van der Waals surface area contributed by atoms with E-state index in [1.54, 1.807) is 0 Å². The first-order valence-electron chi connectivity index (χ1n) is 5.31. The monoisotopic (exact) mass is 257 g/mol. The number of halogens is 1. The van der Waals surface area contributed by atoms with Crippen LogP contribution < -0.4 is 5.32 Å². The van der Waals surface area contributed by atoms with E-state index in [0.29, 0.717) is 19.0 Å². The molecule has 1 aliphatic rings. The fourth-order valence-corrected chi connectivity index (χ4v) is 1.92. The summed E-state index contributed by atoms with van der Waals surface area (Å²) in [6, 6.07) is 2.85. The second-order valence-corrected chi connectivity index (χ2v) is 4.21. The van der Waals surface area contributed by atoms with Crippen molar-refractivity contribution >= 4 is 23.1 Å². The van der Waals surface area contributed by atoms with Gasteiger partial charge in [0, 0.05) is 19.3 Å². The Morgan fingerprint density at radius 1 is 1.47 bits per heavy atom. The van der Waals surface area contributed by atoms with Gasteiger partial charge in [0.15, 0.2) is 0 Å². The normalized spacial score (nSPS) is 16.8. The first-order chi connectivity index (χ1) is 8.15. The molecule has 2 heterocycles. The summed E-state index contributed by atoms with van der Waals surface area (Å²) in [5.41, 5.74) is -0.0560. The molecule has 1 N–H and O–H groups in total. The van der Waals surface area contributed by atoms with Crippen LogP contribution in [0.5, 0.6) is 0 Å². The molecule has 0 unspecified atom stereocenters. The molecule has 0 bridgehead atoms. The van der Waals surface area contributed by atoms with Crippen LogP contribution in [0.2, 0.25) is 5.15 Å². The highest BCUT2D eigenvalue weighted by Crippen LogP contribution is 2.22. The van der Waals surface area contributed by atoms with Crippen LogP contribution in [0, 0.1) is 10.1 Å². The lowest BCUT2D eigenvalue weighted by Crippen LogP contribution is -2.28. The van der Waals surface area contributed by atoms with Crippen molar-refractivity contribution in [3.05, 3.63) is 27.4 Å². The van der Waals surface area contributed by atoms with Crippen LogP contribution >= 0.6 is 11.6 Å². The Morgan fingerprint density at radius 3 is 2.82 bits per heavy atom. The van der Waals surface area contributed by atoms with E-state index in [2.05, 4.69) is 10.3 Å². The molecule has 0 saturated carbocycles. The second-order valence-electron chi connectivity index (χ2n) is 3.82. The maximum Gasteiger partial charge on any atom is 0.276 e. The number of nitro groups is 1. The molecule has 1 aromatic rings. The number of rotatable bonds is 3. The highest BCUT2D eigenvalue weighted by molar-refractivity contribution is 6.29. The predicted molar refractivity (Wildman–Crippen MR) is 63.4 cm³/mol. The number of hydrogen-bond donors (Lipinski definition) is 1. The molecule has 1 fully saturated rings. The molecule has 17 heavy (non-hydrogen) atoms. The Kier molecular flexibility index (Phi) is 3.75. The summed E-state index contributed by atoms with van der Waals surface area (Å²) in [5, 5.41) is 13.9. The van der Waals surface area contributed by atoms with Gasteiger partial charge in [-0.15, -0.1) is 0 Å². The summed E-state index contributed by atoms with van der Waals surface area (Å²) in [7, 11) is 0. The van der Waals surface area contributed by atoms with Crippen LogP contribution in [-0.4, -0.2) is 29.2 Å². The van der Waals surface area contributed by atoms with Gasteiger partial charge in [-0.2, -0.15) is 0 Å². The number of ether oxygens (including phenoxy) is 1. The number of pyridine rings is 1. The molecular formula is C10H12ClN3O3. The number of nitrogens with zero attached hydrogens (tertiary/aromatic N) is 2. The van der Waals surface area contributed by atoms with Crippen molar-refractivity contribution in [3.63, 3.8) is 0 Å². The minimum atomic E-state index is -0.483. The molecule has 0 atom stereocenters. The largest absolute Gasteiger partial charge is 0.381 e. The van der Waals surface area contributed by atoms with E-state index < -0.39 is 4.92 Å². The summed E-state index contributed by atoms with van der Waals surface area (Å²) in [6.07, 6.45) is 1.73. The minimum Gasteiger partial charge on any atom is -0.381 e. The fourth-order valence-electron chi connectivity index (χ4n) is 1.71. The average molecular weight is 258 g/mol. The molecule has 0 aromatic carbocycles. The van der Waals surface area contributed by atoms with E-state index in [0.717, 1.165) is 12.8 Å². The summed E-state index contributed by atoms with van der Waals surface area (Å²) >= 11 is 5.73. The Hall–Kier alpha value is -1.40. The van der Waals surface area contributed by atoms with E-state index in [1.807, 2.05) is 0 Å². The van der Waals surface area contributed by atoms with Crippen LogP contribution in [0.4, 0.5) is 11.5 Å². The first kappa shape index (κ1) is 12.1. The van der Waals surface area contributed by atoms with Gasteiger partial charge in [-0.25, -0.2) is 4.98 Å². The van der Waals surface area contributed by atoms with Gasteiger partial charge in [0.25, 0.3) is 5.69 Å². The zero-order valence-electron chi connectivity index (χ0n) is 9.06. The van der Waals surface area contributed by atoms with E-state index in [9.17, 15) is 10.1 Å². The van der Waals surface area contributed by atoms with Gasteiger partial charge < -0.3 is 10.1 Å². The molecule has 0 amide bonds. The van der Waals surface area contributed by atoms with Crippen LogP contribution in [0.3, 0.4) is 0 Å². The number of aromatic nitrogens is 1. The lowest BCUT2D eigenvalue weighted by atomic mass is 10.1. The minimum absolute atomic E-state index is 0.0560. The third-order valence-corrected chi connectivity index (χ3v) is 2.76. The Balaban J connectivity index is 2.11. The fraction of sp³-hybridized carbons (Fsp3) is 0.500. The summed E-state index contributed by atoms with van der Waals surface area (Å²) in [5.74, 6) is 0.441. The third-order valence-electron chi connectivity index (χ3n) is 2.56. The molecule has 7 heteroatoms. The quantitative estimate of drug-likeness (QED) is 0.510. The number of anilines is 1. The molecular weight excluding hydrogens is 246 g/mol. The van der Waals surface area contributed by atoms with Crippen molar-refractivity contribution in [2.24, 2.45) is 0 Å². The molecule has 0 aliphatic carbocycles. The van der Waals surface area contributed by atoms with Crippen molar-refractivity contribution in [2.75, 3.05) is 18.5 Å². The van der Waals surface area contributed by atoms with E-state index in [1.165, 1.54) is 12.1 Å². The number of hydrogen-bond acceptors (Lipinski definition) is 5. The maximum atomic E-state index is 10.7. The van der Waals surface area contributed by atoms with Gasteiger partial charge in [0.05, 0.1) is 17.1 Å². The van der Waals surface area contributed by atoms with Crippen molar-refractivity contribution in [2.45, 2.75) is 18.9 Å². The molecule has 0 radical (unpaired) electrons. The smallest absolute Gasteiger partial charge is 0.276 e. The van der Waals surface area contributed by atoms with Crippen molar-refractivity contribution in [3.8, 4) is 0 Å². The highest BCUT2D eigenvalue weighted by Gasteiger charge is 2.16. The zero-order valence-corrected chi connectivity index (χ0v) is 9.81. The summed E-state index contributed by atoms with van der Waals surface area (Å²) in [6.45, 7) is 1.39. The van der Waals surface area contributed by atoms with Gasteiger partial charge in [-0.05, 0) is 12.8 Å². The number of nitrogens with one attached hydrogen (secondary N) is 1. The Bertz CT molecular complexity index is 421. The Morgan fingerprint density at radius 2 is 2.18 bits per heavy atom.